The van der Waals surface area contributed by atoms with E-state index in [0.29, 0.717) is 11.5 Å². The Labute approximate surface area is 108 Å². The van der Waals surface area contributed by atoms with Crippen LogP contribution in [-0.4, -0.2) is 17.6 Å². The zero-order valence-corrected chi connectivity index (χ0v) is 10.7. The van der Waals surface area contributed by atoms with Crippen molar-refractivity contribution < 1.29 is 44.2 Å². The van der Waals surface area contributed by atoms with Gasteiger partial charge < -0.3 is 14.6 Å². The summed E-state index contributed by atoms with van der Waals surface area (Å²) in [6.45, 7) is 0.703. The van der Waals surface area contributed by atoms with E-state index in [4.69, 9.17) is 4.74 Å². The van der Waals surface area contributed by atoms with E-state index >= 15 is 0 Å². The Hall–Kier alpha value is 0.0600. The Balaban J connectivity index is 0.000000980. The Morgan fingerprint density at radius 1 is 1.71 bits per heavy atom. The molecule has 0 aromatic carbocycles. The Morgan fingerprint density at radius 2 is 2.50 bits per heavy atom. The van der Waals surface area contributed by atoms with Crippen molar-refractivity contribution in [2.24, 2.45) is 0 Å². The van der Waals surface area contributed by atoms with Crippen molar-refractivity contribution >= 4 is 17.3 Å². The smallest absolute Gasteiger partial charge is 0.543 e. The summed E-state index contributed by atoms with van der Waals surface area (Å²) < 4.78 is 5.37. The minimum Gasteiger partial charge on any atom is -0.543 e. The van der Waals surface area contributed by atoms with E-state index in [-0.39, 0.29) is 41.4 Å². The number of hydrogen-bond donors (Lipinski definition) is 0. The van der Waals surface area contributed by atoms with Crippen molar-refractivity contribution in [1.82, 2.24) is 4.98 Å². The molecule has 6 heteroatoms. The summed E-state index contributed by atoms with van der Waals surface area (Å²) in [4.78, 5) is 15.0. The monoisotopic (exact) mass is 221 g/mol. The van der Waals surface area contributed by atoms with E-state index in [1.54, 1.807) is 0 Å². The van der Waals surface area contributed by atoms with Crippen LogP contribution in [0.3, 0.4) is 0 Å². The summed E-state index contributed by atoms with van der Waals surface area (Å²) in [6.07, 6.45) is 1.78. The fourth-order valence-corrected chi connectivity index (χ4v) is 2.28. The molecule has 0 radical (unpaired) electrons. The predicted molar refractivity (Wildman–Crippen MR) is 44.4 cm³/mol. The minimum absolute atomic E-state index is 0. The quantitative estimate of drug-likeness (QED) is 0.512. The molecule has 2 heterocycles. The van der Waals surface area contributed by atoms with Gasteiger partial charge in [0.1, 0.15) is 5.69 Å². The van der Waals surface area contributed by atoms with Crippen LogP contribution in [0, 0.1) is 0 Å². The normalized spacial score (nSPS) is 20.4. The number of aromatic carboxylic acids is 1. The van der Waals surface area contributed by atoms with Crippen LogP contribution in [0.2, 0.25) is 0 Å². The summed E-state index contributed by atoms with van der Waals surface area (Å²) in [6, 6.07) is 0. The van der Waals surface area contributed by atoms with Crippen molar-refractivity contribution in [3.05, 3.63) is 16.1 Å². The van der Waals surface area contributed by atoms with E-state index in [9.17, 15) is 9.90 Å². The summed E-state index contributed by atoms with van der Waals surface area (Å²) in [5.41, 5.74) is 1.55. The van der Waals surface area contributed by atoms with E-state index in [0.717, 1.165) is 12.8 Å². The van der Waals surface area contributed by atoms with Crippen LogP contribution in [0.15, 0.2) is 5.51 Å². The van der Waals surface area contributed by atoms with Gasteiger partial charge in [-0.3, -0.25) is 0 Å². The number of rotatable bonds is 2. The van der Waals surface area contributed by atoms with Crippen LogP contribution in [0.5, 0.6) is 0 Å². The third-order valence-corrected chi connectivity index (χ3v) is 2.93. The summed E-state index contributed by atoms with van der Waals surface area (Å²) in [5, 5.41) is 10.6. The van der Waals surface area contributed by atoms with Gasteiger partial charge in [0.2, 0.25) is 0 Å². The van der Waals surface area contributed by atoms with Crippen molar-refractivity contribution in [1.29, 1.82) is 0 Å². The number of thiazole rings is 1. The van der Waals surface area contributed by atoms with Gasteiger partial charge in [-0.2, -0.15) is 0 Å². The van der Waals surface area contributed by atoms with E-state index < -0.39 is 5.97 Å². The molecular formula is C8H8NNaO3S. The molecule has 70 valence electrons. The molecule has 0 aliphatic carbocycles. The van der Waals surface area contributed by atoms with Crippen LogP contribution < -0.4 is 34.7 Å². The average molecular weight is 221 g/mol. The van der Waals surface area contributed by atoms with Crippen molar-refractivity contribution in [2.75, 3.05) is 6.61 Å². The average Bonchev–Trinajstić information content (AvgIpc) is 2.74. The molecule has 1 aromatic heterocycles. The molecule has 1 aromatic rings. The molecule has 0 spiro atoms. The first-order valence-electron chi connectivity index (χ1n) is 4.05. The maximum Gasteiger partial charge on any atom is 1.00 e. The molecule has 1 unspecified atom stereocenters. The van der Waals surface area contributed by atoms with Gasteiger partial charge in [0.25, 0.3) is 0 Å². The van der Waals surface area contributed by atoms with Crippen molar-refractivity contribution in [3.8, 4) is 0 Å². The zero-order chi connectivity index (χ0) is 9.26. The molecule has 0 N–H and O–H groups in total. The van der Waals surface area contributed by atoms with Crippen molar-refractivity contribution in [3.63, 3.8) is 0 Å². The second-order valence-corrected chi connectivity index (χ2v) is 3.74. The predicted octanol–water partition coefficient (Wildman–Crippen LogP) is -2.64. The summed E-state index contributed by atoms with van der Waals surface area (Å²) in [5.74, 6) is -1.22. The number of carbonyl (C=O) groups is 1. The number of nitrogens with zero attached hydrogens (tertiary/aromatic N) is 1. The molecule has 2 rings (SSSR count). The van der Waals surface area contributed by atoms with E-state index in [1.165, 1.54) is 16.8 Å². The van der Waals surface area contributed by atoms with Gasteiger partial charge in [-0.05, 0) is 12.8 Å². The minimum atomic E-state index is -1.22. The topological polar surface area (TPSA) is 62.2 Å². The summed E-state index contributed by atoms with van der Waals surface area (Å²) >= 11 is 1.32. The Kier molecular flexibility index (Phi) is 4.53. The van der Waals surface area contributed by atoms with Crippen LogP contribution in [0.25, 0.3) is 0 Å². The fraction of sp³-hybridized carbons (Fsp3) is 0.500. The number of hydrogen-bond acceptors (Lipinski definition) is 5. The van der Waals surface area contributed by atoms with Gasteiger partial charge in [-0.25, -0.2) is 4.98 Å². The van der Waals surface area contributed by atoms with Gasteiger partial charge in [-0.1, -0.05) is 0 Å². The van der Waals surface area contributed by atoms with Crippen LogP contribution in [-0.2, 0) is 4.74 Å². The van der Waals surface area contributed by atoms with Crippen LogP contribution in [0.4, 0.5) is 0 Å². The molecule has 1 atom stereocenters. The molecule has 0 saturated carbocycles. The van der Waals surface area contributed by atoms with Gasteiger partial charge in [0, 0.05) is 6.61 Å². The Bertz CT molecular complexity index is 322. The van der Waals surface area contributed by atoms with Gasteiger partial charge >= 0.3 is 29.6 Å². The number of carboxylic acid groups (broad SMARTS) is 1. The molecule has 1 fully saturated rings. The SMILES string of the molecule is O=C([O-])c1ncsc1C1CCCO1.[Na+]. The second kappa shape index (κ2) is 5.23. The first-order valence-corrected chi connectivity index (χ1v) is 4.93. The van der Waals surface area contributed by atoms with Crippen LogP contribution in [0.1, 0.15) is 34.3 Å². The number of ether oxygens (including phenoxy) is 1. The fourth-order valence-electron chi connectivity index (χ4n) is 1.42. The standard InChI is InChI=1S/C8H9NO3S.Na/c10-8(11)6-7(13-4-9-6)5-2-1-3-12-5;/h4-5H,1-3H2,(H,10,11);/q;+1/p-1. The maximum absolute atomic E-state index is 10.6. The largest absolute Gasteiger partial charge is 1.00 e. The summed E-state index contributed by atoms with van der Waals surface area (Å²) in [7, 11) is 0. The molecule has 1 saturated heterocycles. The number of carboxylic acids is 1. The van der Waals surface area contributed by atoms with Gasteiger partial charge in [0.05, 0.1) is 22.5 Å². The maximum atomic E-state index is 10.6. The number of aromatic nitrogens is 1. The molecular weight excluding hydrogens is 213 g/mol. The van der Waals surface area contributed by atoms with Crippen LogP contribution >= 0.6 is 11.3 Å². The third kappa shape index (κ3) is 2.35. The van der Waals surface area contributed by atoms with Crippen molar-refractivity contribution in [2.45, 2.75) is 18.9 Å². The molecule has 4 nitrogen and oxygen atoms in total. The molecule has 0 bridgehead atoms. The number of carbonyl (C=O) groups excluding carboxylic acids is 1. The third-order valence-electron chi connectivity index (χ3n) is 2.01. The molecule has 0 amide bonds. The van der Waals surface area contributed by atoms with E-state index in [2.05, 4.69) is 4.98 Å². The molecule has 1 aliphatic rings. The van der Waals surface area contributed by atoms with E-state index in [1.807, 2.05) is 0 Å². The van der Waals surface area contributed by atoms with Gasteiger partial charge in [0.15, 0.2) is 0 Å². The first-order chi connectivity index (χ1) is 6.29. The first kappa shape index (κ1) is 12.1. The molecule has 14 heavy (non-hydrogen) atoms. The second-order valence-electron chi connectivity index (χ2n) is 2.85. The zero-order valence-electron chi connectivity index (χ0n) is 7.86. The Morgan fingerprint density at radius 3 is 3.07 bits per heavy atom. The van der Waals surface area contributed by atoms with Gasteiger partial charge in [-0.15, -0.1) is 11.3 Å². The molecule has 1 aliphatic heterocycles.